The molecule has 0 amide bonds. The van der Waals surface area contributed by atoms with E-state index in [1.807, 2.05) is 19.9 Å². The first kappa shape index (κ1) is 13.6. The molecule has 0 bridgehead atoms. The molecule has 4 heteroatoms. The van der Waals surface area contributed by atoms with Gasteiger partial charge in [0.15, 0.2) is 0 Å². The molecule has 0 aliphatic heterocycles. The molecule has 0 aliphatic rings. The van der Waals surface area contributed by atoms with Crippen molar-refractivity contribution in [1.82, 2.24) is 10.3 Å². The molecule has 1 heterocycles. The Morgan fingerprint density at radius 3 is 2.47 bits per heavy atom. The van der Waals surface area contributed by atoms with Crippen LogP contribution in [0.2, 0.25) is 0 Å². The SMILES string of the molecule is CCNC(c1cc(F)cc(F)c1)c1ccncc1C. The van der Waals surface area contributed by atoms with Gasteiger partial charge in [0.1, 0.15) is 11.6 Å². The molecular weight excluding hydrogens is 246 g/mol. The van der Waals surface area contributed by atoms with Gasteiger partial charge in [-0.05, 0) is 48.4 Å². The number of aromatic nitrogens is 1. The molecule has 1 N–H and O–H groups in total. The van der Waals surface area contributed by atoms with Crippen LogP contribution in [0.25, 0.3) is 0 Å². The number of benzene rings is 1. The van der Waals surface area contributed by atoms with Gasteiger partial charge in [0.05, 0.1) is 6.04 Å². The zero-order valence-corrected chi connectivity index (χ0v) is 11.0. The van der Waals surface area contributed by atoms with Crippen LogP contribution in [0.3, 0.4) is 0 Å². The van der Waals surface area contributed by atoms with Crippen LogP contribution in [0, 0.1) is 18.6 Å². The average Bonchev–Trinajstić information content (AvgIpc) is 2.36. The van der Waals surface area contributed by atoms with Crippen molar-refractivity contribution in [3.63, 3.8) is 0 Å². The summed E-state index contributed by atoms with van der Waals surface area (Å²) in [4.78, 5) is 4.04. The van der Waals surface area contributed by atoms with Gasteiger partial charge < -0.3 is 5.32 Å². The van der Waals surface area contributed by atoms with Crippen molar-refractivity contribution in [1.29, 1.82) is 0 Å². The van der Waals surface area contributed by atoms with E-state index >= 15 is 0 Å². The third kappa shape index (κ3) is 3.15. The van der Waals surface area contributed by atoms with E-state index in [1.54, 1.807) is 12.4 Å². The van der Waals surface area contributed by atoms with Gasteiger partial charge in [0.2, 0.25) is 0 Å². The molecule has 2 aromatic rings. The Bertz CT molecular complexity index is 550. The minimum absolute atomic E-state index is 0.238. The van der Waals surface area contributed by atoms with Gasteiger partial charge in [-0.3, -0.25) is 4.98 Å². The van der Waals surface area contributed by atoms with Crippen molar-refractivity contribution >= 4 is 0 Å². The van der Waals surface area contributed by atoms with Crippen LogP contribution in [0.4, 0.5) is 8.78 Å². The molecule has 0 fully saturated rings. The highest BCUT2D eigenvalue weighted by Crippen LogP contribution is 2.25. The number of halogens is 2. The zero-order valence-electron chi connectivity index (χ0n) is 11.0. The number of hydrogen-bond donors (Lipinski definition) is 1. The number of pyridine rings is 1. The zero-order chi connectivity index (χ0) is 13.8. The first-order valence-electron chi connectivity index (χ1n) is 6.21. The second-order valence-electron chi connectivity index (χ2n) is 4.43. The fourth-order valence-electron chi connectivity index (χ4n) is 2.16. The van der Waals surface area contributed by atoms with Crippen molar-refractivity contribution in [2.45, 2.75) is 19.9 Å². The molecule has 0 saturated heterocycles. The first-order valence-corrected chi connectivity index (χ1v) is 6.21. The molecule has 2 nitrogen and oxygen atoms in total. The Morgan fingerprint density at radius 1 is 1.21 bits per heavy atom. The lowest BCUT2D eigenvalue weighted by atomic mass is 9.96. The van der Waals surface area contributed by atoms with Crippen molar-refractivity contribution < 1.29 is 8.78 Å². The van der Waals surface area contributed by atoms with Gasteiger partial charge in [-0.2, -0.15) is 0 Å². The highest BCUT2D eigenvalue weighted by molar-refractivity contribution is 5.35. The summed E-state index contributed by atoms with van der Waals surface area (Å²) in [5.74, 6) is -1.13. The number of nitrogens with zero attached hydrogens (tertiary/aromatic N) is 1. The molecule has 0 saturated carbocycles. The second kappa shape index (κ2) is 5.89. The minimum atomic E-state index is -0.565. The van der Waals surface area contributed by atoms with Crippen LogP contribution in [0.1, 0.15) is 29.7 Å². The summed E-state index contributed by atoms with van der Waals surface area (Å²) < 4.78 is 26.7. The van der Waals surface area contributed by atoms with Gasteiger partial charge in [0, 0.05) is 18.5 Å². The summed E-state index contributed by atoms with van der Waals surface area (Å²) in [7, 11) is 0. The Hall–Kier alpha value is -1.81. The van der Waals surface area contributed by atoms with Crippen LogP contribution in [0.5, 0.6) is 0 Å². The molecule has 1 aromatic heterocycles. The van der Waals surface area contributed by atoms with E-state index in [1.165, 1.54) is 12.1 Å². The molecule has 1 atom stereocenters. The van der Waals surface area contributed by atoms with Gasteiger partial charge in [0.25, 0.3) is 0 Å². The predicted octanol–water partition coefficient (Wildman–Crippen LogP) is 3.37. The van der Waals surface area contributed by atoms with E-state index in [9.17, 15) is 8.78 Å². The van der Waals surface area contributed by atoms with Gasteiger partial charge in [-0.15, -0.1) is 0 Å². The Balaban J connectivity index is 2.48. The van der Waals surface area contributed by atoms with E-state index in [0.29, 0.717) is 12.1 Å². The first-order chi connectivity index (χ1) is 9.11. The molecule has 1 unspecified atom stereocenters. The maximum atomic E-state index is 13.4. The summed E-state index contributed by atoms with van der Waals surface area (Å²) in [5, 5.41) is 3.25. The molecule has 19 heavy (non-hydrogen) atoms. The normalized spacial score (nSPS) is 12.4. The lowest BCUT2D eigenvalue weighted by Gasteiger charge is -2.20. The molecule has 100 valence electrons. The van der Waals surface area contributed by atoms with Crippen molar-refractivity contribution in [2.75, 3.05) is 6.54 Å². The fourth-order valence-corrected chi connectivity index (χ4v) is 2.16. The minimum Gasteiger partial charge on any atom is -0.307 e. The van der Waals surface area contributed by atoms with E-state index in [0.717, 1.165) is 17.2 Å². The number of hydrogen-bond acceptors (Lipinski definition) is 2. The third-order valence-corrected chi connectivity index (χ3v) is 3.00. The molecule has 0 aliphatic carbocycles. The Kier molecular flexibility index (Phi) is 4.22. The maximum absolute atomic E-state index is 13.4. The molecule has 2 rings (SSSR count). The smallest absolute Gasteiger partial charge is 0.126 e. The number of nitrogens with one attached hydrogen (secondary N) is 1. The topological polar surface area (TPSA) is 24.9 Å². The number of aryl methyl sites for hydroxylation is 1. The Labute approximate surface area is 111 Å². The van der Waals surface area contributed by atoms with Crippen LogP contribution in [-0.4, -0.2) is 11.5 Å². The van der Waals surface area contributed by atoms with Crippen LogP contribution in [0.15, 0.2) is 36.7 Å². The lowest BCUT2D eigenvalue weighted by Crippen LogP contribution is -2.23. The largest absolute Gasteiger partial charge is 0.307 e. The fraction of sp³-hybridized carbons (Fsp3) is 0.267. The van der Waals surface area contributed by atoms with Crippen LogP contribution in [-0.2, 0) is 0 Å². The molecular formula is C15H16F2N2. The maximum Gasteiger partial charge on any atom is 0.126 e. The van der Waals surface area contributed by atoms with E-state index in [2.05, 4.69) is 10.3 Å². The summed E-state index contributed by atoms with van der Waals surface area (Å²) in [6, 6.07) is 5.22. The van der Waals surface area contributed by atoms with E-state index in [4.69, 9.17) is 0 Å². The van der Waals surface area contributed by atoms with Crippen molar-refractivity contribution in [3.8, 4) is 0 Å². The summed E-state index contributed by atoms with van der Waals surface area (Å²) >= 11 is 0. The van der Waals surface area contributed by atoms with Crippen molar-refractivity contribution in [2.24, 2.45) is 0 Å². The summed E-state index contributed by atoms with van der Waals surface area (Å²) in [6.45, 7) is 4.59. The summed E-state index contributed by atoms with van der Waals surface area (Å²) in [6.07, 6.45) is 3.43. The van der Waals surface area contributed by atoms with Crippen LogP contribution < -0.4 is 5.32 Å². The molecule has 0 radical (unpaired) electrons. The highest BCUT2D eigenvalue weighted by Gasteiger charge is 2.16. The quantitative estimate of drug-likeness (QED) is 0.913. The monoisotopic (exact) mass is 262 g/mol. The van der Waals surface area contributed by atoms with E-state index < -0.39 is 11.6 Å². The predicted molar refractivity (Wildman–Crippen MR) is 70.9 cm³/mol. The van der Waals surface area contributed by atoms with Gasteiger partial charge >= 0.3 is 0 Å². The standard InChI is InChI=1S/C15H16F2N2/c1-3-19-15(14-4-5-18-9-10(14)2)11-6-12(16)8-13(17)7-11/h4-9,15,19H,3H2,1-2H3. The van der Waals surface area contributed by atoms with E-state index in [-0.39, 0.29) is 6.04 Å². The van der Waals surface area contributed by atoms with Gasteiger partial charge in [-0.1, -0.05) is 6.92 Å². The highest BCUT2D eigenvalue weighted by atomic mass is 19.1. The average molecular weight is 262 g/mol. The third-order valence-electron chi connectivity index (χ3n) is 3.00. The molecule has 1 aromatic carbocycles. The number of rotatable bonds is 4. The Morgan fingerprint density at radius 2 is 1.89 bits per heavy atom. The van der Waals surface area contributed by atoms with Gasteiger partial charge in [-0.25, -0.2) is 8.78 Å². The van der Waals surface area contributed by atoms with Crippen molar-refractivity contribution in [3.05, 3.63) is 65.0 Å². The van der Waals surface area contributed by atoms with Crippen LogP contribution >= 0.6 is 0 Å². The lowest BCUT2D eigenvalue weighted by molar-refractivity contribution is 0.564. The molecule has 0 spiro atoms. The second-order valence-corrected chi connectivity index (χ2v) is 4.43. The summed E-state index contributed by atoms with van der Waals surface area (Å²) in [5.41, 5.74) is 2.54.